The highest BCUT2D eigenvalue weighted by atomic mass is 16.2. The molecule has 0 heterocycles. The maximum atomic E-state index is 12.2. The normalized spacial score (nSPS) is 10.5. The van der Waals surface area contributed by atoms with Gasteiger partial charge in [0.25, 0.3) is 11.8 Å². The first-order valence-corrected chi connectivity index (χ1v) is 8.22. The molecule has 2 amide bonds. The van der Waals surface area contributed by atoms with E-state index >= 15 is 0 Å². The Hall–Kier alpha value is -2.62. The van der Waals surface area contributed by atoms with E-state index in [4.69, 9.17) is 0 Å². The molecule has 2 rings (SSSR count). The van der Waals surface area contributed by atoms with Crippen molar-refractivity contribution < 1.29 is 9.59 Å². The van der Waals surface area contributed by atoms with Gasteiger partial charge in [0.1, 0.15) is 0 Å². The highest BCUT2D eigenvalue weighted by Crippen LogP contribution is 2.12. The number of rotatable bonds is 6. The highest BCUT2D eigenvalue weighted by molar-refractivity contribution is 6.05. The minimum Gasteiger partial charge on any atom is -0.352 e. The zero-order valence-electron chi connectivity index (χ0n) is 14.4. The lowest BCUT2D eigenvalue weighted by Gasteiger charge is -2.08. The summed E-state index contributed by atoms with van der Waals surface area (Å²) in [5.74, 6) is 0.255. The van der Waals surface area contributed by atoms with Crippen LogP contribution in [0.3, 0.4) is 0 Å². The van der Waals surface area contributed by atoms with Gasteiger partial charge in [0.2, 0.25) is 0 Å². The van der Waals surface area contributed by atoms with E-state index in [0.29, 0.717) is 23.6 Å². The lowest BCUT2D eigenvalue weighted by Crippen LogP contribution is -2.25. The second kappa shape index (κ2) is 8.29. The molecule has 0 bridgehead atoms. The zero-order valence-corrected chi connectivity index (χ0v) is 14.4. The molecule has 0 aliphatic rings. The molecule has 2 aromatic carbocycles. The molecule has 0 saturated heterocycles. The Kier molecular flexibility index (Phi) is 6.13. The standard InChI is InChI=1S/C20H24N2O2/c1-14(2)12-13-21-19(23)16-6-8-17(9-7-16)20(24)22-18-10-4-15(3)5-11-18/h4-11,14H,12-13H2,1-3H3,(H,21,23)(H,22,24). The summed E-state index contributed by atoms with van der Waals surface area (Å²) in [6.45, 7) is 6.89. The van der Waals surface area contributed by atoms with Gasteiger partial charge in [-0.1, -0.05) is 31.5 Å². The molecular formula is C20H24N2O2. The lowest BCUT2D eigenvalue weighted by atomic mass is 10.1. The van der Waals surface area contributed by atoms with Crippen LogP contribution in [0.5, 0.6) is 0 Å². The Bertz CT molecular complexity index is 689. The van der Waals surface area contributed by atoms with Gasteiger partial charge in [-0.15, -0.1) is 0 Å². The van der Waals surface area contributed by atoms with Gasteiger partial charge in [-0.2, -0.15) is 0 Å². The third-order valence-corrected chi connectivity index (χ3v) is 3.73. The Labute approximate surface area is 143 Å². The molecule has 0 fully saturated rings. The third kappa shape index (κ3) is 5.23. The van der Waals surface area contributed by atoms with E-state index in [0.717, 1.165) is 17.7 Å². The van der Waals surface area contributed by atoms with Crippen molar-refractivity contribution in [1.82, 2.24) is 5.32 Å². The van der Waals surface area contributed by atoms with Crippen molar-refractivity contribution in [3.8, 4) is 0 Å². The van der Waals surface area contributed by atoms with Crippen LogP contribution in [0, 0.1) is 12.8 Å². The van der Waals surface area contributed by atoms with E-state index < -0.39 is 0 Å². The van der Waals surface area contributed by atoms with E-state index in [-0.39, 0.29) is 11.8 Å². The smallest absolute Gasteiger partial charge is 0.255 e. The minimum atomic E-state index is -0.189. The summed E-state index contributed by atoms with van der Waals surface area (Å²) in [6.07, 6.45) is 0.947. The van der Waals surface area contributed by atoms with E-state index in [1.54, 1.807) is 24.3 Å². The molecule has 2 N–H and O–H groups in total. The summed E-state index contributed by atoms with van der Waals surface area (Å²) in [7, 11) is 0. The monoisotopic (exact) mass is 324 g/mol. The number of hydrogen-bond donors (Lipinski definition) is 2. The summed E-state index contributed by atoms with van der Waals surface area (Å²) in [5, 5.41) is 5.73. The van der Waals surface area contributed by atoms with Gasteiger partial charge < -0.3 is 10.6 Å². The lowest BCUT2D eigenvalue weighted by molar-refractivity contribution is 0.0950. The molecule has 0 unspecified atom stereocenters. The van der Waals surface area contributed by atoms with Crippen LogP contribution in [0.25, 0.3) is 0 Å². The number of carbonyl (C=O) groups excluding carboxylic acids is 2. The van der Waals surface area contributed by atoms with E-state index in [9.17, 15) is 9.59 Å². The Morgan fingerprint density at radius 2 is 1.42 bits per heavy atom. The fraction of sp³-hybridized carbons (Fsp3) is 0.300. The first-order valence-electron chi connectivity index (χ1n) is 8.22. The highest BCUT2D eigenvalue weighted by Gasteiger charge is 2.09. The number of aryl methyl sites for hydroxylation is 1. The summed E-state index contributed by atoms with van der Waals surface area (Å²) in [5.41, 5.74) is 2.97. The molecule has 0 aliphatic carbocycles. The van der Waals surface area contributed by atoms with Gasteiger partial charge in [0, 0.05) is 23.4 Å². The maximum Gasteiger partial charge on any atom is 0.255 e. The van der Waals surface area contributed by atoms with Crippen molar-refractivity contribution in [2.45, 2.75) is 27.2 Å². The number of benzene rings is 2. The molecule has 2 aromatic rings. The molecule has 4 nitrogen and oxygen atoms in total. The van der Waals surface area contributed by atoms with Gasteiger partial charge >= 0.3 is 0 Å². The Morgan fingerprint density at radius 1 is 0.875 bits per heavy atom. The summed E-state index contributed by atoms with van der Waals surface area (Å²) < 4.78 is 0. The average molecular weight is 324 g/mol. The first kappa shape index (κ1) is 17.7. The summed E-state index contributed by atoms with van der Waals surface area (Å²) >= 11 is 0. The molecule has 4 heteroatoms. The molecule has 0 aliphatic heterocycles. The minimum absolute atomic E-state index is 0.110. The molecular weight excluding hydrogens is 300 g/mol. The fourth-order valence-electron chi connectivity index (χ4n) is 2.19. The Balaban J connectivity index is 1.94. The predicted octanol–water partition coefficient (Wildman–Crippen LogP) is 4.02. The van der Waals surface area contributed by atoms with Crippen molar-refractivity contribution >= 4 is 17.5 Å². The van der Waals surface area contributed by atoms with Crippen LogP contribution in [0.1, 0.15) is 46.5 Å². The number of carbonyl (C=O) groups is 2. The number of nitrogens with one attached hydrogen (secondary N) is 2. The Morgan fingerprint density at radius 3 is 1.96 bits per heavy atom. The van der Waals surface area contributed by atoms with Crippen molar-refractivity contribution in [3.05, 3.63) is 65.2 Å². The molecule has 0 spiro atoms. The quantitative estimate of drug-likeness (QED) is 0.843. The van der Waals surface area contributed by atoms with Crippen molar-refractivity contribution in [2.24, 2.45) is 5.92 Å². The van der Waals surface area contributed by atoms with Gasteiger partial charge in [-0.3, -0.25) is 9.59 Å². The van der Waals surface area contributed by atoms with Crippen LogP contribution in [-0.2, 0) is 0 Å². The topological polar surface area (TPSA) is 58.2 Å². The van der Waals surface area contributed by atoms with E-state index in [2.05, 4.69) is 24.5 Å². The number of hydrogen-bond acceptors (Lipinski definition) is 2. The predicted molar refractivity (Wildman–Crippen MR) is 97.4 cm³/mol. The largest absolute Gasteiger partial charge is 0.352 e. The van der Waals surface area contributed by atoms with Gasteiger partial charge in [-0.25, -0.2) is 0 Å². The van der Waals surface area contributed by atoms with Crippen LogP contribution in [0.4, 0.5) is 5.69 Å². The van der Waals surface area contributed by atoms with Crippen LogP contribution in [0.2, 0.25) is 0 Å². The summed E-state index contributed by atoms with van der Waals surface area (Å²) in [4.78, 5) is 24.2. The molecule has 126 valence electrons. The molecule has 0 radical (unpaired) electrons. The zero-order chi connectivity index (χ0) is 17.5. The summed E-state index contributed by atoms with van der Waals surface area (Å²) in [6, 6.07) is 14.3. The van der Waals surface area contributed by atoms with Gasteiger partial charge in [-0.05, 0) is 55.7 Å². The van der Waals surface area contributed by atoms with Crippen molar-refractivity contribution in [1.29, 1.82) is 0 Å². The second-order valence-corrected chi connectivity index (χ2v) is 6.34. The van der Waals surface area contributed by atoms with Crippen LogP contribution in [0.15, 0.2) is 48.5 Å². The van der Waals surface area contributed by atoms with Crippen LogP contribution in [-0.4, -0.2) is 18.4 Å². The van der Waals surface area contributed by atoms with Gasteiger partial charge in [0.15, 0.2) is 0 Å². The van der Waals surface area contributed by atoms with Crippen LogP contribution >= 0.6 is 0 Å². The van der Waals surface area contributed by atoms with Gasteiger partial charge in [0.05, 0.1) is 0 Å². The van der Waals surface area contributed by atoms with E-state index in [1.165, 1.54) is 0 Å². The van der Waals surface area contributed by atoms with Crippen molar-refractivity contribution in [3.63, 3.8) is 0 Å². The SMILES string of the molecule is Cc1ccc(NC(=O)c2ccc(C(=O)NCCC(C)C)cc2)cc1. The average Bonchev–Trinajstić information content (AvgIpc) is 2.56. The maximum absolute atomic E-state index is 12.2. The molecule has 0 aromatic heterocycles. The van der Waals surface area contributed by atoms with Crippen LogP contribution < -0.4 is 10.6 Å². The van der Waals surface area contributed by atoms with E-state index in [1.807, 2.05) is 31.2 Å². The third-order valence-electron chi connectivity index (χ3n) is 3.73. The molecule has 24 heavy (non-hydrogen) atoms. The number of amides is 2. The molecule has 0 atom stereocenters. The number of anilines is 1. The first-order chi connectivity index (χ1) is 11.5. The van der Waals surface area contributed by atoms with Crippen molar-refractivity contribution in [2.75, 3.05) is 11.9 Å². The second-order valence-electron chi connectivity index (χ2n) is 6.34. The molecule has 0 saturated carbocycles. The fourth-order valence-corrected chi connectivity index (χ4v) is 2.19.